The van der Waals surface area contributed by atoms with Crippen molar-refractivity contribution in [1.82, 2.24) is 5.43 Å². The van der Waals surface area contributed by atoms with Crippen LogP contribution in [0.1, 0.15) is 32.8 Å². The molecule has 0 aromatic heterocycles. The summed E-state index contributed by atoms with van der Waals surface area (Å²) in [6.07, 6.45) is 0.0830. The molecule has 0 aliphatic heterocycles. The number of benzene rings is 1. The van der Waals surface area contributed by atoms with Gasteiger partial charge in [0.15, 0.2) is 0 Å². The third-order valence-electron chi connectivity index (χ3n) is 2.77. The number of hydrazone groups is 1. The van der Waals surface area contributed by atoms with Gasteiger partial charge in [-0.25, -0.2) is 5.43 Å². The summed E-state index contributed by atoms with van der Waals surface area (Å²) in [7, 11) is 0. The summed E-state index contributed by atoms with van der Waals surface area (Å²) in [5.74, 6) is 0.245. The van der Waals surface area contributed by atoms with Crippen molar-refractivity contribution in [1.29, 1.82) is 0 Å². The highest BCUT2D eigenvalue weighted by Gasteiger charge is 2.13. The van der Waals surface area contributed by atoms with Gasteiger partial charge in [0.25, 0.3) is 5.91 Å². The molecule has 5 nitrogen and oxygen atoms in total. The number of nitrogens with zero attached hydrogens (tertiary/aromatic N) is 1. The van der Waals surface area contributed by atoms with Crippen LogP contribution in [0.2, 0.25) is 0 Å². The Kier molecular flexibility index (Phi) is 8.28. The molecule has 0 heterocycles. The van der Waals surface area contributed by atoms with E-state index in [0.29, 0.717) is 12.3 Å². The minimum Gasteiger partial charge on any atom is -0.466 e. The molecule has 0 saturated heterocycles. The van der Waals surface area contributed by atoms with E-state index < -0.39 is 0 Å². The highest BCUT2D eigenvalue weighted by Crippen LogP contribution is 2.17. The fourth-order valence-electron chi connectivity index (χ4n) is 1.57. The second-order valence-electron chi connectivity index (χ2n) is 4.74. The molecule has 0 saturated carbocycles. The van der Waals surface area contributed by atoms with E-state index >= 15 is 0 Å². The summed E-state index contributed by atoms with van der Waals surface area (Å²) in [6.45, 7) is 5.60. The minimum absolute atomic E-state index is 0.0830. The quantitative estimate of drug-likeness (QED) is 0.454. The molecule has 1 aromatic rings. The van der Waals surface area contributed by atoms with Gasteiger partial charge < -0.3 is 4.74 Å². The molecule has 1 rings (SSSR count). The van der Waals surface area contributed by atoms with Crippen LogP contribution in [0.4, 0.5) is 0 Å². The van der Waals surface area contributed by atoms with E-state index in [1.165, 1.54) is 17.3 Å². The fraction of sp³-hybridized carbons (Fsp3) is 0.438. The van der Waals surface area contributed by atoms with E-state index in [1.807, 2.05) is 37.3 Å². The number of hydrogen-bond donors (Lipinski definition) is 1. The van der Waals surface area contributed by atoms with Gasteiger partial charge in [-0.05, 0) is 26.3 Å². The van der Waals surface area contributed by atoms with Crippen LogP contribution >= 0.6 is 11.8 Å². The number of thioether (sulfide) groups is 1. The maximum absolute atomic E-state index is 11.9. The summed E-state index contributed by atoms with van der Waals surface area (Å²) >= 11 is 1.54. The summed E-state index contributed by atoms with van der Waals surface area (Å²) < 4.78 is 4.82. The molecule has 0 bridgehead atoms. The van der Waals surface area contributed by atoms with Crippen molar-refractivity contribution in [3.63, 3.8) is 0 Å². The van der Waals surface area contributed by atoms with Crippen molar-refractivity contribution >= 4 is 29.4 Å². The number of rotatable bonds is 8. The number of ether oxygens (including phenoxy) is 1. The number of amides is 1. The molecular formula is C16H22N2O3S. The average Bonchev–Trinajstić information content (AvgIpc) is 2.51. The monoisotopic (exact) mass is 322 g/mol. The van der Waals surface area contributed by atoms with Crippen LogP contribution in [0.5, 0.6) is 0 Å². The molecule has 120 valence electrons. The summed E-state index contributed by atoms with van der Waals surface area (Å²) in [6, 6.07) is 9.97. The lowest BCUT2D eigenvalue weighted by Crippen LogP contribution is -2.28. The molecular weight excluding hydrogens is 300 g/mol. The zero-order valence-electron chi connectivity index (χ0n) is 13.2. The van der Waals surface area contributed by atoms with Gasteiger partial charge in [0.1, 0.15) is 0 Å². The molecule has 1 atom stereocenters. The van der Waals surface area contributed by atoms with Crippen molar-refractivity contribution in [2.75, 3.05) is 6.61 Å². The average molecular weight is 322 g/mol. The van der Waals surface area contributed by atoms with E-state index in [2.05, 4.69) is 10.5 Å². The lowest BCUT2D eigenvalue weighted by molar-refractivity contribution is -0.141. The summed E-state index contributed by atoms with van der Waals surface area (Å²) in [5.41, 5.74) is 4.18. The molecule has 0 fully saturated rings. The molecule has 1 aromatic carbocycles. The number of nitrogens with one attached hydrogen (secondary N) is 1. The first-order valence-electron chi connectivity index (χ1n) is 7.17. The van der Waals surface area contributed by atoms with Crippen molar-refractivity contribution < 1.29 is 14.3 Å². The van der Waals surface area contributed by atoms with Gasteiger partial charge in [-0.2, -0.15) is 5.10 Å². The lowest BCUT2D eigenvalue weighted by Gasteiger charge is -2.10. The van der Waals surface area contributed by atoms with Gasteiger partial charge in [0.2, 0.25) is 0 Å². The number of hydrogen-bond acceptors (Lipinski definition) is 5. The van der Waals surface area contributed by atoms with Gasteiger partial charge >= 0.3 is 5.97 Å². The van der Waals surface area contributed by atoms with E-state index in [0.717, 1.165) is 5.75 Å². The van der Waals surface area contributed by atoms with Crippen LogP contribution in [0.3, 0.4) is 0 Å². The predicted molar refractivity (Wildman–Crippen MR) is 89.7 cm³/mol. The van der Waals surface area contributed by atoms with E-state index in [-0.39, 0.29) is 23.5 Å². The van der Waals surface area contributed by atoms with Gasteiger partial charge in [-0.3, -0.25) is 9.59 Å². The normalized spacial score (nSPS) is 12.6. The molecule has 0 radical (unpaired) electrons. The Hall–Kier alpha value is -1.82. The third kappa shape index (κ3) is 7.26. The maximum Gasteiger partial charge on any atom is 0.311 e. The molecule has 1 amide bonds. The standard InChI is InChI=1S/C16H22N2O3S/c1-4-21-15(19)10-12(2)17-18-16(20)13(3)22-11-14-8-6-5-7-9-14/h5-9,13H,4,10-11H2,1-3H3,(H,18,20)/b17-12-/t13-/m1/s1. The summed E-state index contributed by atoms with van der Waals surface area (Å²) in [4.78, 5) is 23.2. The fourth-order valence-corrected chi connectivity index (χ4v) is 2.41. The number of carbonyl (C=O) groups is 2. The number of carbonyl (C=O) groups excluding carboxylic acids is 2. The molecule has 0 aliphatic rings. The van der Waals surface area contributed by atoms with Gasteiger partial charge in [0.05, 0.1) is 18.3 Å². The molecule has 1 N–H and O–H groups in total. The van der Waals surface area contributed by atoms with E-state index in [9.17, 15) is 9.59 Å². The zero-order chi connectivity index (χ0) is 16.4. The Bertz CT molecular complexity index is 517. The van der Waals surface area contributed by atoms with Crippen LogP contribution < -0.4 is 5.43 Å². The van der Waals surface area contributed by atoms with Crippen molar-refractivity contribution in [3.8, 4) is 0 Å². The van der Waals surface area contributed by atoms with E-state index in [1.54, 1.807) is 13.8 Å². The Balaban J connectivity index is 2.35. The maximum atomic E-state index is 11.9. The summed E-state index contributed by atoms with van der Waals surface area (Å²) in [5, 5.41) is 3.70. The van der Waals surface area contributed by atoms with Crippen LogP contribution in [-0.4, -0.2) is 29.4 Å². The lowest BCUT2D eigenvalue weighted by atomic mass is 10.2. The second-order valence-corrected chi connectivity index (χ2v) is 6.07. The molecule has 0 spiro atoms. The van der Waals surface area contributed by atoms with Crippen molar-refractivity contribution in [2.24, 2.45) is 5.10 Å². The SMILES string of the molecule is CCOC(=O)C/C(C)=N\NC(=O)[C@@H](C)SCc1ccccc1. The van der Waals surface area contributed by atoms with Gasteiger partial charge in [0, 0.05) is 11.5 Å². The number of esters is 1. The largest absolute Gasteiger partial charge is 0.466 e. The molecule has 6 heteroatoms. The topological polar surface area (TPSA) is 67.8 Å². The Morgan fingerprint density at radius 3 is 2.64 bits per heavy atom. The Labute approximate surface area is 135 Å². The predicted octanol–water partition coefficient (Wildman–Crippen LogP) is 2.75. The Morgan fingerprint density at radius 1 is 1.32 bits per heavy atom. The van der Waals surface area contributed by atoms with Crippen LogP contribution in [-0.2, 0) is 20.1 Å². The first-order valence-corrected chi connectivity index (χ1v) is 8.22. The van der Waals surface area contributed by atoms with Crippen LogP contribution in [0, 0.1) is 0 Å². The van der Waals surface area contributed by atoms with Crippen molar-refractivity contribution in [2.45, 2.75) is 38.2 Å². The highest BCUT2D eigenvalue weighted by atomic mass is 32.2. The Morgan fingerprint density at radius 2 is 2.00 bits per heavy atom. The highest BCUT2D eigenvalue weighted by molar-refractivity contribution is 7.99. The molecule has 0 unspecified atom stereocenters. The molecule has 0 aliphatic carbocycles. The van der Waals surface area contributed by atoms with Crippen molar-refractivity contribution in [3.05, 3.63) is 35.9 Å². The van der Waals surface area contributed by atoms with Gasteiger partial charge in [-0.15, -0.1) is 11.8 Å². The van der Waals surface area contributed by atoms with Gasteiger partial charge in [-0.1, -0.05) is 30.3 Å². The second kappa shape index (κ2) is 10.00. The minimum atomic E-state index is -0.343. The smallest absolute Gasteiger partial charge is 0.311 e. The first-order chi connectivity index (χ1) is 10.5. The first kappa shape index (κ1) is 18.2. The van der Waals surface area contributed by atoms with E-state index in [4.69, 9.17) is 4.74 Å². The zero-order valence-corrected chi connectivity index (χ0v) is 14.0. The molecule has 22 heavy (non-hydrogen) atoms. The third-order valence-corrected chi connectivity index (χ3v) is 3.99. The van der Waals surface area contributed by atoms with Crippen LogP contribution in [0.15, 0.2) is 35.4 Å². The van der Waals surface area contributed by atoms with Crippen LogP contribution in [0.25, 0.3) is 0 Å².